The van der Waals surface area contributed by atoms with E-state index in [9.17, 15) is 9.59 Å². The Kier molecular flexibility index (Phi) is 8.11. The Hall–Kier alpha value is -2.62. The number of benzene rings is 2. The van der Waals surface area contributed by atoms with Crippen molar-refractivity contribution in [1.29, 1.82) is 0 Å². The lowest BCUT2D eigenvalue weighted by molar-refractivity contribution is -0.128. The van der Waals surface area contributed by atoms with Gasteiger partial charge in [-0.3, -0.25) is 9.59 Å². The van der Waals surface area contributed by atoms with Crippen molar-refractivity contribution in [3.05, 3.63) is 70.8 Å². The van der Waals surface area contributed by atoms with Gasteiger partial charge in [0.1, 0.15) is 0 Å². The van der Waals surface area contributed by atoms with E-state index < -0.39 is 0 Å². The van der Waals surface area contributed by atoms with E-state index in [1.165, 1.54) is 11.1 Å². The fourth-order valence-corrected chi connectivity index (χ4v) is 4.34. The zero-order valence-corrected chi connectivity index (χ0v) is 20.2. The van der Waals surface area contributed by atoms with Gasteiger partial charge in [-0.2, -0.15) is 0 Å². The monoisotopic (exact) mass is 434 g/mol. The Morgan fingerprint density at radius 3 is 2.12 bits per heavy atom. The van der Waals surface area contributed by atoms with Crippen LogP contribution in [0.3, 0.4) is 0 Å². The van der Waals surface area contributed by atoms with Gasteiger partial charge in [-0.25, -0.2) is 0 Å². The van der Waals surface area contributed by atoms with E-state index in [4.69, 9.17) is 0 Å². The summed E-state index contributed by atoms with van der Waals surface area (Å²) in [6.45, 7) is 12.6. The van der Waals surface area contributed by atoms with Gasteiger partial charge in [0, 0.05) is 32.0 Å². The lowest BCUT2D eigenvalue weighted by Crippen LogP contribution is -2.33. The molecule has 2 amide bonds. The SMILES string of the molecule is CC(C)Cc1ccc(C(C)C(=O)NCC2CC(=O)N(Cc3ccc(C(C)C)cc3)C2)cc1. The zero-order valence-electron chi connectivity index (χ0n) is 20.2. The molecule has 4 heteroatoms. The zero-order chi connectivity index (χ0) is 23.3. The molecule has 2 aromatic carbocycles. The third-order valence-corrected chi connectivity index (χ3v) is 6.40. The molecule has 3 rings (SSSR count). The molecule has 2 atom stereocenters. The normalized spacial score (nSPS) is 17.3. The van der Waals surface area contributed by atoms with Crippen LogP contribution < -0.4 is 5.32 Å². The highest BCUT2D eigenvalue weighted by Gasteiger charge is 2.30. The third-order valence-electron chi connectivity index (χ3n) is 6.40. The van der Waals surface area contributed by atoms with Gasteiger partial charge in [-0.1, -0.05) is 76.2 Å². The summed E-state index contributed by atoms with van der Waals surface area (Å²) in [7, 11) is 0. The van der Waals surface area contributed by atoms with E-state index in [1.54, 1.807) is 0 Å². The Morgan fingerprint density at radius 1 is 0.938 bits per heavy atom. The molecule has 0 aromatic heterocycles. The van der Waals surface area contributed by atoms with Crippen LogP contribution in [0.2, 0.25) is 0 Å². The van der Waals surface area contributed by atoms with Crippen LogP contribution >= 0.6 is 0 Å². The summed E-state index contributed by atoms with van der Waals surface area (Å²) in [5, 5.41) is 3.08. The minimum atomic E-state index is -0.198. The Balaban J connectivity index is 1.48. The van der Waals surface area contributed by atoms with Crippen molar-refractivity contribution in [2.24, 2.45) is 11.8 Å². The van der Waals surface area contributed by atoms with Crippen LogP contribution in [0.15, 0.2) is 48.5 Å². The number of likely N-dealkylation sites (tertiary alicyclic amines) is 1. The number of hydrogen-bond acceptors (Lipinski definition) is 2. The topological polar surface area (TPSA) is 49.4 Å². The second-order valence-corrected chi connectivity index (χ2v) is 10.0. The average Bonchev–Trinajstić information content (AvgIpc) is 3.11. The molecule has 0 radical (unpaired) electrons. The van der Waals surface area contributed by atoms with Crippen LogP contribution in [-0.4, -0.2) is 29.8 Å². The standard InChI is InChI=1S/C28H38N2O2/c1-19(2)14-22-6-12-26(13-7-22)21(5)28(32)29-16-24-15-27(31)30(18-24)17-23-8-10-25(11-9-23)20(3)4/h6-13,19-21,24H,14-18H2,1-5H3,(H,29,32). The fourth-order valence-electron chi connectivity index (χ4n) is 4.34. The summed E-state index contributed by atoms with van der Waals surface area (Å²) in [4.78, 5) is 27.1. The number of amides is 2. The smallest absolute Gasteiger partial charge is 0.227 e. The first kappa shape index (κ1) is 24.0. The number of nitrogens with one attached hydrogen (secondary N) is 1. The van der Waals surface area contributed by atoms with Crippen molar-refractivity contribution in [3.8, 4) is 0 Å². The molecule has 1 aliphatic heterocycles. The molecular weight excluding hydrogens is 396 g/mol. The summed E-state index contributed by atoms with van der Waals surface area (Å²) < 4.78 is 0. The van der Waals surface area contributed by atoms with Crippen molar-refractivity contribution in [1.82, 2.24) is 10.2 Å². The molecule has 4 nitrogen and oxygen atoms in total. The van der Waals surface area contributed by atoms with Crippen molar-refractivity contribution in [3.63, 3.8) is 0 Å². The van der Waals surface area contributed by atoms with Crippen molar-refractivity contribution in [2.75, 3.05) is 13.1 Å². The van der Waals surface area contributed by atoms with E-state index in [0.717, 1.165) is 17.5 Å². The van der Waals surface area contributed by atoms with E-state index in [1.807, 2.05) is 11.8 Å². The number of nitrogens with zero attached hydrogens (tertiary/aromatic N) is 1. The van der Waals surface area contributed by atoms with Crippen LogP contribution in [0.25, 0.3) is 0 Å². The number of carbonyl (C=O) groups excluding carboxylic acids is 2. The van der Waals surface area contributed by atoms with Crippen LogP contribution in [-0.2, 0) is 22.6 Å². The second kappa shape index (κ2) is 10.8. The van der Waals surface area contributed by atoms with Crippen LogP contribution in [0, 0.1) is 11.8 Å². The molecule has 0 bridgehead atoms. The van der Waals surface area contributed by atoms with E-state index in [-0.39, 0.29) is 23.7 Å². The molecule has 0 aliphatic carbocycles. The van der Waals surface area contributed by atoms with Gasteiger partial charge in [-0.05, 0) is 47.4 Å². The highest BCUT2D eigenvalue weighted by molar-refractivity contribution is 5.83. The highest BCUT2D eigenvalue weighted by atomic mass is 16.2. The first-order valence-electron chi connectivity index (χ1n) is 12.0. The molecule has 1 saturated heterocycles. The maximum atomic E-state index is 12.7. The minimum absolute atomic E-state index is 0.0248. The predicted octanol–water partition coefficient (Wildman–Crippen LogP) is 5.28. The van der Waals surface area contributed by atoms with E-state index >= 15 is 0 Å². The largest absolute Gasteiger partial charge is 0.355 e. The molecule has 1 N–H and O–H groups in total. The Morgan fingerprint density at radius 2 is 1.53 bits per heavy atom. The molecule has 32 heavy (non-hydrogen) atoms. The molecule has 0 saturated carbocycles. The molecule has 1 aliphatic rings. The predicted molar refractivity (Wildman–Crippen MR) is 130 cm³/mol. The Labute approximate surface area is 193 Å². The molecular formula is C28H38N2O2. The lowest BCUT2D eigenvalue weighted by atomic mass is 9.96. The van der Waals surface area contributed by atoms with Gasteiger partial charge in [0.15, 0.2) is 0 Å². The van der Waals surface area contributed by atoms with Crippen molar-refractivity contribution in [2.45, 2.75) is 65.8 Å². The summed E-state index contributed by atoms with van der Waals surface area (Å²) in [6.07, 6.45) is 1.55. The number of carbonyl (C=O) groups is 2. The first-order chi connectivity index (χ1) is 15.2. The summed E-state index contributed by atoms with van der Waals surface area (Å²) in [6, 6.07) is 16.9. The van der Waals surface area contributed by atoms with E-state index in [0.29, 0.717) is 37.9 Å². The molecule has 2 unspecified atom stereocenters. The summed E-state index contributed by atoms with van der Waals surface area (Å²) in [5.74, 6) is 1.29. The molecule has 2 aromatic rings. The van der Waals surface area contributed by atoms with Gasteiger partial charge >= 0.3 is 0 Å². The van der Waals surface area contributed by atoms with Gasteiger partial charge < -0.3 is 10.2 Å². The molecule has 0 spiro atoms. The minimum Gasteiger partial charge on any atom is -0.355 e. The van der Waals surface area contributed by atoms with Crippen molar-refractivity contribution >= 4 is 11.8 Å². The molecule has 1 heterocycles. The maximum Gasteiger partial charge on any atom is 0.227 e. The molecule has 1 fully saturated rings. The average molecular weight is 435 g/mol. The quantitative estimate of drug-likeness (QED) is 0.584. The van der Waals surface area contributed by atoms with Crippen molar-refractivity contribution < 1.29 is 9.59 Å². The van der Waals surface area contributed by atoms with Gasteiger partial charge in [0.2, 0.25) is 11.8 Å². The Bertz CT molecular complexity index is 900. The first-order valence-corrected chi connectivity index (χ1v) is 12.0. The lowest BCUT2D eigenvalue weighted by Gasteiger charge is -2.18. The number of hydrogen-bond donors (Lipinski definition) is 1. The van der Waals surface area contributed by atoms with Crippen LogP contribution in [0.5, 0.6) is 0 Å². The molecule has 172 valence electrons. The summed E-state index contributed by atoms with van der Waals surface area (Å²) >= 11 is 0. The second-order valence-electron chi connectivity index (χ2n) is 10.0. The number of rotatable bonds is 9. The van der Waals surface area contributed by atoms with Gasteiger partial charge in [0.25, 0.3) is 0 Å². The van der Waals surface area contributed by atoms with E-state index in [2.05, 4.69) is 81.5 Å². The van der Waals surface area contributed by atoms with Crippen LogP contribution in [0.4, 0.5) is 0 Å². The fraction of sp³-hybridized carbons (Fsp3) is 0.500. The summed E-state index contributed by atoms with van der Waals surface area (Å²) in [5.41, 5.74) is 4.80. The highest BCUT2D eigenvalue weighted by Crippen LogP contribution is 2.22. The maximum absolute atomic E-state index is 12.7. The third kappa shape index (κ3) is 6.44. The van der Waals surface area contributed by atoms with Crippen LogP contribution in [0.1, 0.15) is 75.1 Å². The van der Waals surface area contributed by atoms with Gasteiger partial charge in [0.05, 0.1) is 5.92 Å². The van der Waals surface area contributed by atoms with Gasteiger partial charge in [-0.15, -0.1) is 0 Å².